The zero-order valence-electron chi connectivity index (χ0n) is 41.7. The molecule has 4 aromatic carbocycles. The van der Waals surface area contributed by atoms with Gasteiger partial charge in [0.1, 0.15) is 28.7 Å². The van der Waals surface area contributed by atoms with Crippen LogP contribution in [0.5, 0.6) is 11.5 Å². The number of halogens is 1. The van der Waals surface area contributed by atoms with Crippen molar-refractivity contribution in [2.24, 2.45) is 11.3 Å². The Kier molecular flexibility index (Phi) is 14.1. The number of aromatic amines is 1. The second-order valence-electron chi connectivity index (χ2n) is 21.5. The number of carbonyl (C=O) groups is 1. The number of nitro groups is 1. The lowest BCUT2D eigenvalue weighted by atomic mass is 9.59. The van der Waals surface area contributed by atoms with Crippen molar-refractivity contribution in [1.82, 2.24) is 24.5 Å². The van der Waals surface area contributed by atoms with Gasteiger partial charge in [0, 0.05) is 87.3 Å². The molecule has 1 atom stereocenters. The van der Waals surface area contributed by atoms with Crippen LogP contribution in [0.1, 0.15) is 111 Å². The molecule has 6 aromatic rings. The van der Waals surface area contributed by atoms with Crippen LogP contribution in [0.15, 0.2) is 114 Å². The van der Waals surface area contributed by atoms with Crippen LogP contribution < -0.4 is 19.7 Å². The molecule has 0 bridgehead atoms. The van der Waals surface area contributed by atoms with Crippen molar-refractivity contribution in [3.8, 4) is 11.5 Å². The Balaban J connectivity index is 0.833. The summed E-state index contributed by atoms with van der Waals surface area (Å²) in [5, 5.41) is 26.5. The number of nitrogens with one attached hydrogen (secondary N) is 3. The van der Waals surface area contributed by atoms with Crippen LogP contribution in [0.3, 0.4) is 0 Å². The Labute approximate surface area is 426 Å². The Hall–Kier alpha value is -6.40. The minimum atomic E-state index is -4.60. The maximum Gasteiger partial charge on any atom is 0.293 e. The molecule has 4 heterocycles. The fraction of sp³-hybridized carbons (Fsp3) is 0.429. The quantitative estimate of drug-likeness (QED) is 0.0564. The van der Waals surface area contributed by atoms with E-state index in [0.717, 1.165) is 94.0 Å². The molecule has 1 amide bonds. The number of rotatable bonds is 15. The van der Waals surface area contributed by atoms with Crippen LogP contribution in [-0.4, -0.2) is 95.0 Å². The van der Waals surface area contributed by atoms with Crippen LogP contribution in [0, 0.1) is 27.3 Å². The highest BCUT2D eigenvalue weighted by molar-refractivity contribution is 7.90. The summed E-state index contributed by atoms with van der Waals surface area (Å²) < 4.78 is 50.4. The SMILES string of the molecule is CC(C)c1ccccc1C1CN(Cc2cccc(F)c2)CCN1C1CC2(CCN(c3ccc(C(=O)NS(=O)(=O)c4ccc(NCC5CCC(C)(O)CC5)c([N+](=O)[O-])c4)c(Oc4cnc5[nH]ccc5c4)c3)CC2)C1. The van der Waals surface area contributed by atoms with Crippen LogP contribution in [-0.2, 0) is 16.6 Å². The van der Waals surface area contributed by atoms with Gasteiger partial charge in [0.05, 0.1) is 27.2 Å². The number of H-pyrrole nitrogens is 1. The number of hydrogen-bond donors (Lipinski definition) is 4. The summed E-state index contributed by atoms with van der Waals surface area (Å²) in [6.45, 7) is 11.8. The third-order valence-electron chi connectivity index (χ3n) is 16.1. The molecule has 1 unspecified atom stereocenters. The number of amides is 1. The van der Waals surface area contributed by atoms with Gasteiger partial charge in [-0.15, -0.1) is 0 Å². The lowest BCUT2D eigenvalue weighted by molar-refractivity contribution is -0.384. The summed E-state index contributed by atoms with van der Waals surface area (Å²) in [4.78, 5) is 40.3. The van der Waals surface area contributed by atoms with E-state index < -0.39 is 37.0 Å². The van der Waals surface area contributed by atoms with Gasteiger partial charge in [-0.2, -0.15) is 0 Å². The third kappa shape index (κ3) is 11.1. The highest BCUT2D eigenvalue weighted by Gasteiger charge is 2.50. The number of sulfonamides is 1. The number of pyridine rings is 1. The number of aromatic nitrogens is 2. The highest BCUT2D eigenvalue weighted by Crippen LogP contribution is 2.53. The summed E-state index contributed by atoms with van der Waals surface area (Å²) in [5.41, 5.74) is 4.39. The topological polar surface area (TPSA) is 186 Å². The number of anilines is 2. The number of benzene rings is 4. The van der Waals surface area contributed by atoms with Gasteiger partial charge in [0.15, 0.2) is 0 Å². The van der Waals surface area contributed by atoms with Gasteiger partial charge in [-0.25, -0.2) is 22.5 Å². The number of aliphatic hydroxyl groups is 1. The third-order valence-corrected chi connectivity index (χ3v) is 17.4. The fourth-order valence-electron chi connectivity index (χ4n) is 11.8. The number of carbonyl (C=O) groups excluding carboxylic acids is 1. The van der Waals surface area contributed by atoms with Crippen LogP contribution in [0.4, 0.5) is 21.5 Å². The maximum absolute atomic E-state index is 14.2. The molecular formula is C56H65FN8O7S. The zero-order valence-corrected chi connectivity index (χ0v) is 42.5. The predicted molar refractivity (Wildman–Crippen MR) is 280 cm³/mol. The Bertz CT molecular complexity index is 3100. The molecule has 73 heavy (non-hydrogen) atoms. The predicted octanol–water partition coefficient (Wildman–Crippen LogP) is 10.3. The molecule has 15 nitrogen and oxygen atoms in total. The van der Waals surface area contributed by atoms with Gasteiger partial charge >= 0.3 is 0 Å². The van der Waals surface area contributed by atoms with E-state index in [1.54, 1.807) is 36.5 Å². The highest BCUT2D eigenvalue weighted by atomic mass is 32.2. The average molecular weight is 1010 g/mol. The van der Waals surface area contributed by atoms with Crippen molar-refractivity contribution in [3.63, 3.8) is 0 Å². The molecule has 2 aliphatic heterocycles. The second kappa shape index (κ2) is 20.5. The molecule has 10 rings (SSSR count). The molecule has 4 aliphatic rings. The fourth-order valence-corrected chi connectivity index (χ4v) is 12.8. The minimum Gasteiger partial charge on any atom is -0.455 e. The zero-order chi connectivity index (χ0) is 51.1. The Morgan fingerprint density at radius 1 is 0.959 bits per heavy atom. The number of fused-ring (bicyclic) bond motifs is 1. The van der Waals surface area contributed by atoms with E-state index in [2.05, 4.69) is 72.8 Å². The standard InChI is InChI=1S/C56H65FN8O7S/c1-37(2)46-9-4-5-10-47(46)51-36-62(35-39-7-6-8-41(57)27-39)25-26-64(51)43-31-56(32-43)20-23-63(24-21-56)42-11-13-48(52(29-42)72-44-28-40-17-22-58-53(40)60-34-44)54(66)61-73(70,71)45-12-14-49(50(30-45)65(68)69)59-33-38-15-18-55(3,67)19-16-38/h4-14,17,22,27-30,34,37-38,43,51,59,67H,15-16,18-21,23-26,31-33,35-36H2,1-3H3,(H,58,60)(H,61,66). The summed E-state index contributed by atoms with van der Waals surface area (Å²) in [5.74, 6) is -0.115. The van der Waals surface area contributed by atoms with Crippen molar-refractivity contribution in [1.29, 1.82) is 0 Å². The van der Waals surface area contributed by atoms with Crippen molar-refractivity contribution in [3.05, 3.63) is 148 Å². The molecule has 0 radical (unpaired) electrons. The second-order valence-corrected chi connectivity index (χ2v) is 23.2. The molecule has 2 saturated heterocycles. The normalized spacial score (nSPS) is 21.8. The van der Waals surface area contributed by atoms with E-state index in [9.17, 15) is 32.8 Å². The van der Waals surface area contributed by atoms with E-state index in [1.807, 2.05) is 25.1 Å². The van der Waals surface area contributed by atoms with E-state index in [1.165, 1.54) is 35.5 Å². The smallest absolute Gasteiger partial charge is 0.293 e. The van der Waals surface area contributed by atoms with Gasteiger partial charge in [-0.1, -0.05) is 50.2 Å². The molecule has 4 N–H and O–H groups in total. The maximum atomic E-state index is 14.2. The van der Waals surface area contributed by atoms with E-state index in [4.69, 9.17) is 4.74 Å². The van der Waals surface area contributed by atoms with Gasteiger partial charge in [0.25, 0.3) is 21.6 Å². The monoisotopic (exact) mass is 1010 g/mol. The summed E-state index contributed by atoms with van der Waals surface area (Å²) in [6, 6.07) is 28.8. The lowest BCUT2D eigenvalue weighted by Crippen LogP contribution is -2.60. The number of piperidine rings is 1. The van der Waals surface area contributed by atoms with E-state index in [0.29, 0.717) is 49.3 Å². The molecule has 4 fully saturated rings. The molecule has 2 aromatic heterocycles. The summed E-state index contributed by atoms with van der Waals surface area (Å²) in [7, 11) is -4.60. The molecule has 17 heteroatoms. The first kappa shape index (κ1) is 50.1. The first-order valence-corrected chi connectivity index (χ1v) is 27.1. The van der Waals surface area contributed by atoms with Crippen LogP contribution in [0.25, 0.3) is 11.0 Å². The van der Waals surface area contributed by atoms with E-state index in [-0.39, 0.29) is 40.2 Å². The number of piperazine rings is 1. The van der Waals surface area contributed by atoms with Crippen LogP contribution in [0.2, 0.25) is 0 Å². The van der Waals surface area contributed by atoms with Crippen molar-refractivity contribution >= 4 is 44.0 Å². The minimum absolute atomic E-state index is 0.0410. The van der Waals surface area contributed by atoms with Gasteiger partial charge in [-0.3, -0.25) is 24.7 Å². The number of nitrogens with zero attached hydrogens (tertiary/aromatic N) is 5. The average Bonchev–Trinajstić information content (AvgIpc) is 3.83. The lowest BCUT2D eigenvalue weighted by Gasteiger charge is -2.58. The molecule has 384 valence electrons. The molecule has 2 aliphatic carbocycles. The van der Waals surface area contributed by atoms with Gasteiger partial charge in [0.2, 0.25) is 0 Å². The number of ether oxygens (including phenoxy) is 1. The largest absolute Gasteiger partial charge is 0.455 e. The Morgan fingerprint density at radius 3 is 2.49 bits per heavy atom. The summed E-state index contributed by atoms with van der Waals surface area (Å²) in [6.07, 6.45) is 10.3. The first-order chi connectivity index (χ1) is 35.0. The first-order valence-electron chi connectivity index (χ1n) is 25.6. The van der Waals surface area contributed by atoms with Crippen LogP contribution >= 0.6 is 0 Å². The van der Waals surface area contributed by atoms with Crippen molar-refractivity contribution in [2.75, 3.05) is 49.5 Å². The van der Waals surface area contributed by atoms with Gasteiger partial charge in [-0.05, 0) is 141 Å². The number of hydrogen-bond acceptors (Lipinski definition) is 12. The molecular weight excluding hydrogens is 948 g/mol. The Morgan fingerprint density at radius 2 is 1.74 bits per heavy atom. The van der Waals surface area contributed by atoms with Crippen molar-refractivity contribution in [2.45, 2.75) is 107 Å². The van der Waals surface area contributed by atoms with E-state index >= 15 is 0 Å². The van der Waals surface area contributed by atoms with Crippen molar-refractivity contribution < 1.29 is 32.4 Å². The van der Waals surface area contributed by atoms with Gasteiger partial charge < -0.3 is 25.0 Å². The molecule has 1 spiro atoms. The summed E-state index contributed by atoms with van der Waals surface area (Å²) >= 11 is 0. The molecule has 2 saturated carbocycles. The number of nitro benzene ring substituents is 1.